The molecule has 0 aromatic heterocycles. The monoisotopic (exact) mass is 456 g/mol. The summed E-state index contributed by atoms with van der Waals surface area (Å²) in [4.78, 5) is 12.6. The molecule has 7 heteroatoms. The highest BCUT2D eigenvalue weighted by atomic mass is 35.5. The van der Waals surface area contributed by atoms with Gasteiger partial charge in [-0.2, -0.15) is 0 Å². The first-order valence-electron chi connectivity index (χ1n) is 9.83. The number of hydrogen-bond donors (Lipinski definition) is 1. The molecular weight excluding hydrogens is 432 g/mol. The van der Waals surface area contributed by atoms with E-state index in [4.69, 9.17) is 11.6 Å². The third-order valence-electron chi connectivity index (χ3n) is 4.98. The number of hydrogen-bond acceptors (Lipinski definition) is 3. The highest BCUT2D eigenvalue weighted by molar-refractivity contribution is 7.92. The molecule has 1 atom stereocenters. The largest absolute Gasteiger partial charge is 0.346 e. The molecule has 0 fully saturated rings. The number of sulfonamides is 1. The van der Waals surface area contributed by atoms with E-state index in [1.165, 1.54) is 4.31 Å². The number of nitrogens with zero attached hydrogens (tertiary/aromatic N) is 1. The van der Waals surface area contributed by atoms with Crippen LogP contribution in [0.4, 0.5) is 5.69 Å². The Morgan fingerprint density at radius 1 is 0.968 bits per heavy atom. The second-order valence-electron chi connectivity index (χ2n) is 7.55. The fourth-order valence-corrected chi connectivity index (χ4v) is 4.17. The van der Waals surface area contributed by atoms with Crippen molar-refractivity contribution in [1.82, 2.24) is 5.32 Å². The van der Waals surface area contributed by atoms with Crippen molar-refractivity contribution in [3.05, 3.63) is 100 Å². The lowest BCUT2D eigenvalue weighted by Gasteiger charge is -2.23. The molecule has 0 radical (unpaired) electrons. The predicted octanol–water partition coefficient (Wildman–Crippen LogP) is 5.11. The Balaban J connectivity index is 1.75. The van der Waals surface area contributed by atoms with Crippen LogP contribution in [0.2, 0.25) is 5.02 Å². The molecule has 0 saturated heterocycles. The summed E-state index contributed by atoms with van der Waals surface area (Å²) in [5.74, 6) is -0.219. The molecule has 3 aromatic carbocycles. The molecule has 31 heavy (non-hydrogen) atoms. The van der Waals surface area contributed by atoms with Crippen molar-refractivity contribution >= 4 is 33.2 Å². The zero-order chi connectivity index (χ0) is 22.6. The molecule has 1 amide bonds. The van der Waals surface area contributed by atoms with Crippen LogP contribution in [-0.4, -0.2) is 20.6 Å². The molecule has 3 aromatic rings. The Morgan fingerprint density at radius 3 is 2.10 bits per heavy atom. The van der Waals surface area contributed by atoms with Gasteiger partial charge in [-0.15, -0.1) is 0 Å². The molecule has 0 bridgehead atoms. The maximum atomic E-state index is 12.6. The summed E-state index contributed by atoms with van der Waals surface area (Å²) in [5, 5.41) is 3.56. The van der Waals surface area contributed by atoms with E-state index in [2.05, 4.69) is 5.32 Å². The lowest BCUT2D eigenvalue weighted by atomic mass is 10.1. The Bertz CT molecular complexity index is 1140. The van der Waals surface area contributed by atoms with Gasteiger partial charge in [0.1, 0.15) is 0 Å². The van der Waals surface area contributed by atoms with Gasteiger partial charge in [-0.05, 0) is 61.4 Å². The van der Waals surface area contributed by atoms with Crippen molar-refractivity contribution in [3.8, 4) is 0 Å². The Morgan fingerprint density at radius 2 is 1.55 bits per heavy atom. The SMILES string of the molecule is Cc1ccc([C@H](C)NC(=O)c2ccc(N(Cc3ccc(Cl)cc3)S(C)(=O)=O)cc2)cc1. The number of carbonyl (C=O) groups is 1. The van der Waals surface area contributed by atoms with Crippen LogP contribution in [-0.2, 0) is 16.6 Å². The van der Waals surface area contributed by atoms with Gasteiger partial charge in [-0.25, -0.2) is 8.42 Å². The maximum absolute atomic E-state index is 12.6. The molecule has 0 aliphatic rings. The van der Waals surface area contributed by atoms with Gasteiger partial charge in [0.15, 0.2) is 0 Å². The maximum Gasteiger partial charge on any atom is 0.251 e. The van der Waals surface area contributed by atoms with E-state index in [9.17, 15) is 13.2 Å². The average molecular weight is 457 g/mol. The molecule has 0 unspecified atom stereocenters. The van der Waals surface area contributed by atoms with E-state index in [1.54, 1.807) is 48.5 Å². The summed E-state index contributed by atoms with van der Waals surface area (Å²) in [6, 6.07) is 21.4. The number of halogens is 1. The Hall–Kier alpha value is -2.83. The highest BCUT2D eigenvalue weighted by Gasteiger charge is 2.19. The molecule has 1 N–H and O–H groups in total. The number of rotatable bonds is 7. The van der Waals surface area contributed by atoms with Crippen LogP contribution in [0.1, 0.15) is 40.0 Å². The molecule has 0 aliphatic heterocycles. The van der Waals surface area contributed by atoms with Crippen molar-refractivity contribution in [2.75, 3.05) is 10.6 Å². The third kappa shape index (κ3) is 6.09. The zero-order valence-electron chi connectivity index (χ0n) is 17.7. The summed E-state index contributed by atoms with van der Waals surface area (Å²) < 4.78 is 26.0. The lowest BCUT2D eigenvalue weighted by molar-refractivity contribution is 0.0940. The molecular formula is C24H25ClN2O3S. The summed E-state index contributed by atoms with van der Waals surface area (Å²) in [5.41, 5.74) is 3.93. The van der Waals surface area contributed by atoms with E-state index in [-0.39, 0.29) is 18.5 Å². The fourth-order valence-electron chi connectivity index (χ4n) is 3.15. The summed E-state index contributed by atoms with van der Waals surface area (Å²) in [6.07, 6.45) is 1.16. The number of nitrogens with one attached hydrogen (secondary N) is 1. The molecule has 0 spiro atoms. The van der Waals surface area contributed by atoms with Crippen LogP contribution in [0.3, 0.4) is 0 Å². The molecule has 162 valence electrons. The molecule has 0 saturated carbocycles. The van der Waals surface area contributed by atoms with Crippen molar-refractivity contribution in [3.63, 3.8) is 0 Å². The van der Waals surface area contributed by atoms with Crippen molar-refractivity contribution in [1.29, 1.82) is 0 Å². The highest BCUT2D eigenvalue weighted by Crippen LogP contribution is 2.22. The number of amides is 1. The second-order valence-corrected chi connectivity index (χ2v) is 9.89. The van der Waals surface area contributed by atoms with Crippen molar-refractivity contribution in [2.45, 2.75) is 26.4 Å². The molecule has 5 nitrogen and oxygen atoms in total. The van der Waals surface area contributed by atoms with E-state index in [0.717, 1.165) is 22.9 Å². The predicted molar refractivity (Wildman–Crippen MR) is 126 cm³/mol. The molecule has 0 heterocycles. The fraction of sp³-hybridized carbons (Fsp3) is 0.208. The first kappa shape index (κ1) is 22.8. The van der Waals surface area contributed by atoms with Crippen LogP contribution >= 0.6 is 11.6 Å². The minimum absolute atomic E-state index is 0.148. The van der Waals surface area contributed by atoms with E-state index >= 15 is 0 Å². The van der Waals surface area contributed by atoms with Gasteiger partial charge in [0.25, 0.3) is 5.91 Å². The minimum atomic E-state index is -3.52. The average Bonchev–Trinajstić information content (AvgIpc) is 2.73. The Labute approximate surface area is 188 Å². The minimum Gasteiger partial charge on any atom is -0.346 e. The van der Waals surface area contributed by atoms with Gasteiger partial charge < -0.3 is 5.32 Å². The standard InChI is InChI=1S/C24H25ClN2O3S/c1-17-4-8-20(9-5-17)18(2)26-24(28)21-10-14-23(15-11-21)27(31(3,29)30)16-19-6-12-22(25)13-7-19/h4-15,18H,16H2,1-3H3,(H,26,28)/t18-/m0/s1. The first-order valence-corrected chi connectivity index (χ1v) is 12.1. The number of aryl methyl sites for hydroxylation is 1. The summed E-state index contributed by atoms with van der Waals surface area (Å²) >= 11 is 5.91. The van der Waals surface area contributed by atoms with E-state index in [1.807, 2.05) is 38.1 Å². The molecule has 3 rings (SSSR count). The van der Waals surface area contributed by atoms with Gasteiger partial charge in [0, 0.05) is 10.6 Å². The van der Waals surface area contributed by atoms with E-state index < -0.39 is 10.0 Å². The van der Waals surface area contributed by atoms with Gasteiger partial charge in [0.2, 0.25) is 10.0 Å². The van der Waals surface area contributed by atoms with Crippen LogP contribution in [0, 0.1) is 6.92 Å². The second kappa shape index (κ2) is 9.54. The first-order chi connectivity index (χ1) is 14.6. The quantitative estimate of drug-likeness (QED) is 0.537. The normalized spacial score (nSPS) is 12.3. The van der Waals surface area contributed by atoms with Crippen LogP contribution < -0.4 is 9.62 Å². The van der Waals surface area contributed by atoms with Gasteiger partial charge >= 0.3 is 0 Å². The van der Waals surface area contributed by atoms with Gasteiger partial charge in [0.05, 0.1) is 24.5 Å². The van der Waals surface area contributed by atoms with Gasteiger partial charge in [-0.3, -0.25) is 9.10 Å². The third-order valence-corrected chi connectivity index (χ3v) is 6.37. The summed E-state index contributed by atoms with van der Waals surface area (Å²) in [7, 11) is -3.52. The zero-order valence-corrected chi connectivity index (χ0v) is 19.2. The smallest absolute Gasteiger partial charge is 0.251 e. The van der Waals surface area contributed by atoms with Gasteiger partial charge in [-0.1, -0.05) is 53.6 Å². The lowest BCUT2D eigenvalue weighted by Crippen LogP contribution is -2.29. The van der Waals surface area contributed by atoms with E-state index in [0.29, 0.717) is 16.3 Å². The number of benzene rings is 3. The Kier molecular flexibility index (Phi) is 7.03. The van der Waals surface area contributed by atoms with Crippen molar-refractivity contribution in [2.24, 2.45) is 0 Å². The number of carbonyl (C=O) groups excluding carboxylic acids is 1. The van der Waals surface area contributed by atoms with Crippen LogP contribution in [0.25, 0.3) is 0 Å². The van der Waals surface area contributed by atoms with Crippen LogP contribution in [0.15, 0.2) is 72.8 Å². The number of anilines is 1. The molecule has 0 aliphatic carbocycles. The summed E-state index contributed by atoms with van der Waals surface area (Å²) in [6.45, 7) is 4.11. The van der Waals surface area contributed by atoms with Crippen molar-refractivity contribution < 1.29 is 13.2 Å². The topological polar surface area (TPSA) is 66.5 Å². The van der Waals surface area contributed by atoms with Crippen LogP contribution in [0.5, 0.6) is 0 Å².